The summed E-state index contributed by atoms with van der Waals surface area (Å²) in [5.74, 6) is 0.290. The fraction of sp³-hybridized carbons (Fsp3) is 0.562. The standard InChI is InChI=1S/C16H22N2O/c1-13-4-2-3-5-14(13)10-15(19)18-9-7-16(12-18)6-8-17-11-16/h2-5,17H,6-12H2,1H3. The van der Waals surface area contributed by atoms with Crippen molar-refractivity contribution in [1.29, 1.82) is 0 Å². The van der Waals surface area contributed by atoms with Crippen molar-refractivity contribution in [3.63, 3.8) is 0 Å². The van der Waals surface area contributed by atoms with Crippen LogP contribution in [0.4, 0.5) is 0 Å². The first-order valence-electron chi connectivity index (χ1n) is 7.22. The normalized spacial score (nSPS) is 26.3. The lowest BCUT2D eigenvalue weighted by molar-refractivity contribution is -0.129. The summed E-state index contributed by atoms with van der Waals surface area (Å²) >= 11 is 0. The lowest BCUT2D eigenvalue weighted by Gasteiger charge is -2.23. The van der Waals surface area contributed by atoms with Crippen LogP contribution in [0.3, 0.4) is 0 Å². The van der Waals surface area contributed by atoms with Gasteiger partial charge in [-0.25, -0.2) is 0 Å². The van der Waals surface area contributed by atoms with Crippen LogP contribution in [0.1, 0.15) is 24.0 Å². The van der Waals surface area contributed by atoms with E-state index in [2.05, 4.69) is 29.3 Å². The van der Waals surface area contributed by atoms with Crippen LogP contribution in [0.2, 0.25) is 0 Å². The summed E-state index contributed by atoms with van der Waals surface area (Å²) in [5.41, 5.74) is 2.76. The molecule has 1 N–H and O–H groups in total. The molecule has 1 amide bonds. The Morgan fingerprint density at radius 2 is 2.21 bits per heavy atom. The number of carbonyl (C=O) groups excluding carboxylic acids is 1. The Morgan fingerprint density at radius 1 is 1.37 bits per heavy atom. The summed E-state index contributed by atoms with van der Waals surface area (Å²) in [6.45, 7) is 6.16. The van der Waals surface area contributed by atoms with Gasteiger partial charge in [0.05, 0.1) is 6.42 Å². The first-order chi connectivity index (χ1) is 9.19. The maximum absolute atomic E-state index is 12.4. The van der Waals surface area contributed by atoms with E-state index in [0.29, 0.717) is 11.8 Å². The number of likely N-dealkylation sites (tertiary alicyclic amines) is 1. The molecule has 3 heteroatoms. The molecule has 1 spiro atoms. The van der Waals surface area contributed by atoms with Gasteiger partial charge in [-0.05, 0) is 37.4 Å². The van der Waals surface area contributed by atoms with E-state index in [0.717, 1.165) is 31.7 Å². The van der Waals surface area contributed by atoms with Gasteiger partial charge in [-0.2, -0.15) is 0 Å². The van der Waals surface area contributed by atoms with E-state index < -0.39 is 0 Å². The summed E-state index contributed by atoms with van der Waals surface area (Å²) in [4.78, 5) is 14.5. The Hall–Kier alpha value is -1.35. The molecule has 1 aromatic carbocycles. The predicted octanol–water partition coefficient (Wildman–Crippen LogP) is 1.75. The number of nitrogens with one attached hydrogen (secondary N) is 1. The number of nitrogens with zero attached hydrogens (tertiary/aromatic N) is 1. The SMILES string of the molecule is Cc1ccccc1CC(=O)N1CCC2(CCNC2)C1. The van der Waals surface area contributed by atoms with E-state index in [1.165, 1.54) is 18.4 Å². The molecule has 2 heterocycles. The third-order valence-corrected chi connectivity index (χ3v) is 4.73. The second-order valence-corrected chi connectivity index (χ2v) is 6.10. The summed E-state index contributed by atoms with van der Waals surface area (Å²) in [5, 5.41) is 3.44. The number of aryl methyl sites for hydroxylation is 1. The maximum atomic E-state index is 12.4. The Bertz CT molecular complexity index is 477. The number of hydrogen-bond donors (Lipinski definition) is 1. The summed E-state index contributed by atoms with van der Waals surface area (Å²) in [7, 11) is 0. The van der Waals surface area contributed by atoms with E-state index in [9.17, 15) is 4.79 Å². The summed E-state index contributed by atoms with van der Waals surface area (Å²) < 4.78 is 0. The average molecular weight is 258 g/mol. The molecule has 0 aromatic heterocycles. The second kappa shape index (κ2) is 4.97. The van der Waals surface area contributed by atoms with Crippen molar-refractivity contribution < 1.29 is 4.79 Å². The molecule has 2 fully saturated rings. The van der Waals surface area contributed by atoms with Gasteiger partial charge in [0.1, 0.15) is 0 Å². The third kappa shape index (κ3) is 2.52. The largest absolute Gasteiger partial charge is 0.342 e. The van der Waals surface area contributed by atoms with E-state index in [4.69, 9.17) is 0 Å². The minimum Gasteiger partial charge on any atom is -0.342 e. The second-order valence-electron chi connectivity index (χ2n) is 6.10. The summed E-state index contributed by atoms with van der Waals surface area (Å²) in [6.07, 6.45) is 2.94. The van der Waals surface area contributed by atoms with Crippen LogP contribution in [-0.4, -0.2) is 37.0 Å². The zero-order chi connectivity index (χ0) is 13.3. The lowest BCUT2D eigenvalue weighted by atomic mass is 9.86. The van der Waals surface area contributed by atoms with Crippen molar-refractivity contribution in [2.75, 3.05) is 26.2 Å². The van der Waals surface area contributed by atoms with Crippen molar-refractivity contribution in [3.8, 4) is 0 Å². The van der Waals surface area contributed by atoms with Gasteiger partial charge in [-0.1, -0.05) is 24.3 Å². The number of amides is 1. The Morgan fingerprint density at radius 3 is 2.95 bits per heavy atom. The van der Waals surface area contributed by atoms with Gasteiger partial charge in [0, 0.05) is 25.0 Å². The Balaban J connectivity index is 1.64. The molecule has 0 aliphatic carbocycles. The van der Waals surface area contributed by atoms with E-state index >= 15 is 0 Å². The molecule has 1 aromatic rings. The monoisotopic (exact) mass is 258 g/mol. The van der Waals surface area contributed by atoms with Crippen molar-refractivity contribution in [1.82, 2.24) is 10.2 Å². The molecule has 2 aliphatic heterocycles. The van der Waals surface area contributed by atoms with Crippen molar-refractivity contribution in [2.45, 2.75) is 26.2 Å². The minimum atomic E-state index is 0.290. The highest BCUT2D eigenvalue weighted by atomic mass is 16.2. The van der Waals surface area contributed by atoms with Crippen LogP contribution < -0.4 is 5.32 Å². The number of rotatable bonds is 2. The Labute approximate surface area is 115 Å². The molecule has 19 heavy (non-hydrogen) atoms. The minimum absolute atomic E-state index is 0.290. The highest BCUT2D eigenvalue weighted by molar-refractivity contribution is 5.79. The van der Waals surface area contributed by atoms with Gasteiger partial charge in [-0.3, -0.25) is 4.79 Å². The number of benzene rings is 1. The predicted molar refractivity (Wildman–Crippen MR) is 76.0 cm³/mol. The van der Waals surface area contributed by atoms with Crippen LogP contribution >= 0.6 is 0 Å². The fourth-order valence-corrected chi connectivity index (χ4v) is 3.37. The molecule has 3 nitrogen and oxygen atoms in total. The maximum Gasteiger partial charge on any atom is 0.227 e. The van der Waals surface area contributed by atoms with Crippen LogP contribution in [-0.2, 0) is 11.2 Å². The zero-order valence-corrected chi connectivity index (χ0v) is 11.6. The smallest absolute Gasteiger partial charge is 0.227 e. The molecule has 1 atom stereocenters. The molecule has 1 unspecified atom stereocenters. The average Bonchev–Trinajstić information content (AvgIpc) is 3.03. The number of carbonyl (C=O) groups is 1. The topological polar surface area (TPSA) is 32.3 Å². The van der Waals surface area contributed by atoms with Gasteiger partial charge >= 0.3 is 0 Å². The quantitative estimate of drug-likeness (QED) is 0.876. The molecular formula is C16H22N2O. The molecule has 0 radical (unpaired) electrons. The Kier molecular flexibility index (Phi) is 3.31. The molecule has 2 aliphatic rings. The van der Waals surface area contributed by atoms with Gasteiger partial charge in [0.15, 0.2) is 0 Å². The highest BCUT2D eigenvalue weighted by Gasteiger charge is 2.41. The van der Waals surface area contributed by atoms with Crippen LogP contribution in [0.25, 0.3) is 0 Å². The lowest BCUT2D eigenvalue weighted by Crippen LogP contribution is -2.34. The third-order valence-electron chi connectivity index (χ3n) is 4.73. The van der Waals surface area contributed by atoms with Gasteiger partial charge in [-0.15, -0.1) is 0 Å². The van der Waals surface area contributed by atoms with Gasteiger partial charge < -0.3 is 10.2 Å². The molecule has 2 saturated heterocycles. The van der Waals surface area contributed by atoms with Crippen LogP contribution in [0.15, 0.2) is 24.3 Å². The van der Waals surface area contributed by atoms with Crippen molar-refractivity contribution in [3.05, 3.63) is 35.4 Å². The van der Waals surface area contributed by atoms with E-state index in [1.54, 1.807) is 0 Å². The van der Waals surface area contributed by atoms with Gasteiger partial charge in [0.2, 0.25) is 5.91 Å². The first-order valence-corrected chi connectivity index (χ1v) is 7.22. The molecule has 3 rings (SSSR count). The fourth-order valence-electron chi connectivity index (χ4n) is 3.37. The molecular weight excluding hydrogens is 236 g/mol. The van der Waals surface area contributed by atoms with Crippen LogP contribution in [0, 0.1) is 12.3 Å². The zero-order valence-electron chi connectivity index (χ0n) is 11.6. The first kappa shape index (κ1) is 12.7. The van der Waals surface area contributed by atoms with Crippen LogP contribution in [0.5, 0.6) is 0 Å². The molecule has 0 saturated carbocycles. The highest BCUT2D eigenvalue weighted by Crippen LogP contribution is 2.36. The van der Waals surface area contributed by atoms with Gasteiger partial charge in [0.25, 0.3) is 0 Å². The van der Waals surface area contributed by atoms with Crippen molar-refractivity contribution in [2.24, 2.45) is 5.41 Å². The van der Waals surface area contributed by atoms with E-state index in [1.807, 2.05) is 12.1 Å². The van der Waals surface area contributed by atoms with E-state index in [-0.39, 0.29) is 5.91 Å². The molecule has 102 valence electrons. The van der Waals surface area contributed by atoms with Crippen molar-refractivity contribution >= 4 is 5.91 Å². The molecule has 0 bridgehead atoms. The summed E-state index contributed by atoms with van der Waals surface area (Å²) in [6, 6.07) is 8.19. The number of hydrogen-bond acceptors (Lipinski definition) is 2.